The number of aliphatic hydroxyl groups is 2. The summed E-state index contributed by atoms with van der Waals surface area (Å²) in [5.74, 6) is 0.218. The Balaban J connectivity index is 2.57. The van der Waals surface area contributed by atoms with Crippen molar-refractivity contribution in [2.24, 2.45) is 5.92 Å². The van der Waals surface area contributed by atoms with Crippen molar-refractivity contribution in [1.29, 1.82) is 0 Å². The van der Waals surface area contributed by atoms with E-state index in [2.05, 4.69) is 24.3 Å². The van der Waals surface area contributed by atoms with Gasteiger partial charge >= 0.3 is 0 Å². The molecule has 6 nitrogen and oxygen atoms in total. The van der Waals surface area contributed by atoms with Crippen molar-refractivity contribution >= 4 is 5.91 Å². The van der Waals surface area contributed by atoms with Gasteiger partial charge in [-0.1, -0.05) is 13.8 Å². The lowest BCUT2D eigenvalue weighted by Gasteiger charge is -2.16. The van der Waals surface area contributed by atoms with E-state index in [0.29, 0.717) is 11.5 Å². The number of hydrogen-bond donors (Lipinski definition) is 3. The van der Waals surface area contributed by atoms with Crippen LogP contribution in [0.3, 0.4) is 0 Å². The van der Waals surface area contributed by atoms with Crippen LogP contribution in [0.5, 0.6) is 0 Å². The number of aliphatic hydroxyl groups excluding tert-OH is 2. The molecule has 0 saturated heterocycles. The molecule has 6 heteroatoms. The van der Waals surface area contributed by atoms with E-state index < -0.39 is 12.2 Å². The van der Waals surface area contributed by atoms with Crippen LogP contribution in [0.4, 0.5) is 0 Å². The summed E-state index contributed by atoms with van der Waals surface area (Å²) in [6, 6.07) is 0. The first-order valence-electron chi connectivity index (χ1n) is 6.03. The van der Waals surface area contributed by atoms with Crippen LogP contribution in [0, 0.1) is 5.92 Å². The second kappa shape index (κ2) is 6.51. The van der Waals surface area contributed by atoms with Gasteiger partial charge in [-0.25, -0.2) is 0 Å². The molecule has 2 unspecified atom stereocenters. The van der Waals surface area contributed by atoms with Gasteiger partial charge in [0.15, 0.2) is 0 Å². The normalized spacial score (nSPS) is 14.6. The van der Waals surface area contributed by atoms with Crippen LogP contribution < -0.4 is 5.32 Å². The lowest BCUT2D eigenvalue weighted by Crippen LogP contribution is -2.34. The Labute approximate surface area is 107 Å². The number of rotatable bonds is 6. The van der Waals surface area contributed by atoms with Gasteiger partial charge in [-0.05, 0) is 5.92 Å². The summed E-state index contributed by atoms with van der Waals surface area (Å²) >= 11 is 0. The minimum Gasteiger partial charge on any atom is -0.388 e. The molecule has 0 fully saturated rings. The van der Waals surface area contributed by atoms with Gasteiger partial charge in [0.25, 0.3) is 0 Å². The molecular formula is C12H21N3O3. The topological polar surface area (TPSA) is 87.4 Å². The first-order chi connectivity index (χ1) is 8.40. The highest BCUT2D eigenvalue weighted by molar-refractivity contribution is 5.72. The lowest BCUT2D eigenvalue weighted by molar-refractivity contribution is -0.119. The van der Waals surface area contributed by atoms with Gasteiger partial charge in [0.1, 0.15) is 12.2 Å². The van der Waals surface area contributed by atoms with Crippen LogP contribution in [0.1, 0.15) is 32.4 Å². The van der Waals surface area contributed by atoms with Gasteiger partial charge in [-0.2, -0.15) is 5.10 Å². The number of hydrogen-bond acceptors (Lipinski definition) is 4. The van der Waals surface area contributed by atoms with Crippen molar-refractivity contribution in [2.45, 2.75) is 39.5 Å². The van der Waals surface area contributed by atoms with Gasteiger partial charge in [0.05, 0.1) is 6.20 Å². The average molecular weight is 255 g/mol. The van der Waals surface area contributed by atoms with Crippen molar-refractivity contribution in [3.63, 3.8) is 0 Å². The predicted molar refractivity (Wildman–Crippen MR) is 66.7 cm³/mol. The largest absolute Gasteiger partial charge is 0.388 e. The SMILES string of the molecule is CC(=O)NCC(O)C(O)c1cnn(CC(C)C)c1. The molecule has 0 aliphatic heterocycles. The Kier molecular flexibility index (Phi) is 5.30. The first-order valence-corrected chi connectivity index (χ1v) is 6.03. The molecular weight excluding hydrogens is 234 g/mol. The van der Waals surface area contributed by atoms with Gasteiger partial charge in [-0.3, -0.25) is 9.48 Å². The molecule has 0 aromatic carbocycles. The fourth-order valence-electron chi connectivity index (χ4n) is 1.59. The van der Waals surface area contributed by atoms with Crippen LogP contribution in [0.2, 0.25) is 0 Å². The van der Waals surface area contributed by atoms with E-state index in [-0.39, 0.29) is 12.5 Å². The monoisotopic (exact) mass is 255 g/mol. The van der Waals surface area contributed by atoms with Gasteiger partial charge in [-0.15, -0.1) is 0 Å². The Bertz CT molecular complexity index is 390. The molecule has 1 aromatic rings. The standard InChI is InChI=1S/C12H21N3O3/c1-8(2)6-15-7-10(4-14-15)12(18)11(17)5-13-9(3)16/h4,7-8,11-12,17-18H,5-6H2,1-3H3,(H,13,16). The molecule has 102 valence electrons. The lowest BCUT2D eigenvalue weighted by atomic mass is 10.1. The summed E-state index contributed by atoms with van der Waals surface area (Å²) in [4.78, 5) is 10.7. The minimum absolute atomic E-state index is 0.0197. The molecule has 0 bridgehead atoms. The Morgan fingerprint density at radius 2 is 2.17 bits per heavy atom. The fourth-order valence-corrected chi connectivity index (χ4v) is 1.59. The predicted octanol–water partition coefficient (Wildman–Crippen LogP) is 0.0695. The van der Waals surface area contributed by atoms with E-state index in [1.54, 1.807) is 10.9 Å². The second-order valence-corrected chi connectivity index (χ2v) is 4.84. The summed E-state index contributed by atoms with van der Waals surface area (Å²) in [5.41, 5.74) is 0.550. The number of amides is 1. The van der Waals surface area contributed by atoms with Crippen LogP contribution >= 0.6 is 0 Å². The zero-order valence-electron chi connectivity index (χ0n) is 11.0. The molecule has 1 aromatic heterocycles. The maximum absolute atomic E-state index is 10.7. The van der Waals surface area contributed by atoms with Crippen LogP contribution in [-0.4, -0.2) is 38.5 Å². The van der Waals surface area contributed by atoms with Crippen LogP contribution in [0.25, 0.3) is 0 Å². The smallest absolute Gasteiger partial charge is 0.216 e. The maximum atomic E-state index is 10.7. The van der Waals surface area contributed by atoms with E-state index in [0.717, 1.165) is 6.54 Å². The summed E-state index contributed by atoms with van der Waals surface area (Å²) < 4.78 is 1.73. The van der Waals surface area contributed by atoms with Crippen molar-refractivity contribution < 1.29 is 15.0 Å². The zero-order chi connectivity index (χ0) is 13.7. The number of nitrogens with one attached hydrogen (secondary N) is 1. The van der Waals surface area contributed by atoms with Gasteiger partial charge in [0.2, 0.25) is 5.91 Å². The second-order valence-electron chi connectivity index (χ2n) is 4.84. The third-order valence-corrected chi connectivity index (χ3v) is 2.47. The van der Waals surface area contributed by atoms with Crippen molar-refractivity contribution in [3.8, 4) is 0 Å². The van der Waals surface area contributed by atoms with Crippen molar-refractivity contribution in [2.75, 3.05) is 6.54 Å². The van der Waals surface area contributed by atoms with Crippen LogP contribution in [-0.2, 0) is 11.3 Å². The fraction of sp³-hybridized carbons (Fsp3) is 0.667. The van der Waals surface area contributed by atoms with Crippen molar-refractivity contribution in [1.82, 2.24) is 15.1 Å². The molecule has 0 saturated carbocycles. The van der Waals surface area contributed by atoms with Crippen molar-refractivity contribution in [3.05, 3.63) is 18.0 Å². The number of carbonyl (C=O) groups excluding carboxylic acids is 1. The molecule has 1 amide bonds. The highest BCUT2D eigenvalue weighted by Crippen LogP contribution is 2.16. The summed E-state index contributed by atoms with van der Waals surface area (Å²) in [7, 11) is 0. The molecule has 0 radical (unpaired) electrons. The highest BCUT2D eigenvalue weighted by atomic mass is 16.3. The third-order valence-electron chi connectivity index (χ3n) is 2.47. The number of nitrogens with zero attached hydrogens (tertiary/aromatic N) is 2. The Morgan fingerprint density at radius 3 is 2.72 bits per heavy atom. The van der Waals surface area contributed by atoms with E-state index >= 15 is 0 Å². The zero-order valence-corrected chi connectivity index (χ0v) is 11.0. The molecule has 1 heterocycles. The average Bonchev–Trinajstić information content (AvgIpc) is 2.72. The number of aromatic nitrogens is 2. The van der Waals surface area contributed by atoms with E-state index in [1.807, 2.05) is 0 Å². The highest BCUT2D eigenvalue weighted by Gasteiger charge is 2.20. The maximum Gasteiger partial charge on any atom is 0.216 e. The molecule has 2 atom stereocenters. The molecule has 3 N–H and O–H groups in total. The number of carbonyl (C=O) groups is 1. The first kappa shape index (κ1) is 14.7. The molecule has 1 rings (SSSR count). The Hall–Kier alpha value is -1.40. The summed E-state index contributed by atoms with van der Waals surface area (Å²) in [6.45, 7) is 6.28. The van der Waals surface area contributed by atoms with Gasteiger partial charge < -0.3 is 15.5 Å². The third kappa shape index (κ3) is 4.46. The molecule has 0 spiro atoms. The van der Waals surface area contributed by atoms with E-state index in [9.17, 15) is 15.0 Å². The summed E-state index contributed by atoms with van der Waals surface area (Å²) in [5, 5.41) is 26.2. The molecule has 0 aliphatic rings. The van der Waals surface area contributed by atoms with E-state index in [4.69, 9.17) is 0 Å². The van der Waals surface area contributed by atoms with Crippen LogP contribution in [0.15, 0.2) is 12.4 Å². The molecule has 0 aliphatic carbocycles. The summed E-state index contributed by atoms with van der Waals surface area (Å²) in [6.07, 6.45) is 1.16. The molecule has 18 heavy (non-hydrogen) atoms. The van der Waals surface area contributed by atoms with Gasteiger partial charge in [0, 0.05) is 31.8 Å². The minimum atomic E-state index is -1.04. The quantitative estimate of drug-likeness (QED) is 0.671. The van der Waals surface area contributed by atoms with E-state index in [1.165, 1.54) is 13.1 Å². The Morgan fingerprint density at radius 1 is 1.50 bits per heavy atom.